The minimum absolute atomic E-state index is 0.0626. The zero-order valence-electron chi connectivity index (χ0n) is 11.1. The minimum atomic E-state index is -0.507. The summed E-state index contributed by atoms with van der Waals surface area (Å²) in [7, 11) is 1.53. The largest absolute Gasteiger partial charge is 0.370 e. The molecular formula is C13H26N2O2. The third-order valence-electron chi connectivity index (χ3n) is 3.78. The lowest BCUT2D eigenvalue weighted by atomic mass is 9.83. The van der Waals surface area contributed by atoms with Gasteiger partial charge in [0.1, 0.15) is 6.10 Å². The summed E-state index contributed by atoms with van der Waals surface area (Å²) in [5, 5.41) is 3.09. The van der Waals surface area contributed by atoms with Gasteiger partial charge in [0.25, 0.3) is 5.91 Å². The maximum absolute atomic E-state index is 11.9. The molecule has 1 amide bonds. The van der Waals surface area contributed by atoms with Crippen molar-refractivity contribution >= 4 is 5.91 Å². The van der Waals surface area contributed by atoms with Gasteiger partial charge in [-0.3, -0.25) is 4.79 Å². The number of carbonyl (C=O) groups excluding carboxylic acids is 1. The first-order valence-corrected chi connectivity index (χ1v) is 6.76. The van der Waals surface area contributed by atoms with Crippen molar-refractivity contribution in [2.75, 3.05) is 13.7 Å². The van der Waals surface area contributed by atoms with Gasteiger partial charge in [-0.1, -0.05) is 26.2 Å². The molecule has 0 aromatic carbocycles. The Morgan fingerprint density at radius 1 is 1.41 bits per heavy atom. The molecule has 2 unspecified atom stereocenters. The van der Waals surface area contributed by atoms with Crippen LogP contribution in [0.25, 0.3) is 0 Å². The number of carbonyl (C=O) groups is 1. The summed E-state index contributed by atoms with van der Waals surface area (Å²) < 4.78 is 5.06. The summed E-state index contributed by atoms with van der Waals surface area (Å²) in [4.78, 5) is 11.9. The fourth-order valence-corrected chi connectivity index (χ4v) is 2.68. The Kier molecular flexibility index (Phi) is 6.52. The first-order valence-electron chi connectivity index (χ1n) is 6.76. The molecule has 0 aromatic heterocycles. The van der Waals surface area contributed by atoms with E-state index in [9.17, 15) is 4.79 Å². The van der Waals surface area contributed by atoms with Gasteiger partial charge in [0.05, 0.1) is 0 Å². The number of nitrogens with one attached hydrogen (secondary N) is 1. The van der Waals surface area contributed by atoms with E-state index >= 15 is 0 Å². The number of ether oxygens (including phenoxy) is 1. The second-order valence-electron chi connectivity index (χ2n) is 4.88. The monoisotopic (exact) mass is 242 g/mol. The molecule has 3 N–H and O–H groups in total. The normalized spacial score (nSPS) is 20.9. The minimum Gasteiger partial charge on any atom is -0.370 e. The molecule has 17 heavy (non-hydrogen) atoms. The van der Waals surface area contributed by atoms with E-state index in [1.54, 1.807) is 0 Å². The van der Waals surface area contributed by atoms with Crippen LogP contribution in [0.5, 0.6) is 0 Å². The van der Waals surface area contributed by atoms with Crippen molar-refractivity contribution in [3.05, 3.63) is 0 Å². The lowest BCUT2D eigenvalue weighted by Gasteiger charge is -2.31. The Bertz CT molecular complexity index is 223. The fourth-order valence-electron chi connectivity index (χ4n) is 2.68. The van der Waals surface area contributed by atoms with Gasteiger partial charge < -0.3 is 15.8 Å². The van der Waals surface area contributed by atoms with Gasteiger partial charge in [-0.2, -0.15) is 0 Å². The topological polar surface area (TPSA) is 64.4 Å². The number of amides is 1. The van der Waals surface area contributed by atoms with E-state index in [1.165, 1.54) is 39.2 Å². The van der Waals surface area contributed by atoms with Crippen molar-refractivity contribution in [2.45, 2.75) is 57.6 Å². The quantitative estimate of drug-likeness (QED) is 0.740. The summed E-state index contributed by atoms with van der Waals surface area (Å²) in [6, 6.07) is 0.284. The first kappa shape index (κ1) is 14.5. The van der Waals surface area contributed by atoms with E-state index in [0.717, 1.165) is 6.42 Å². The van der Waals surface area contributed by atoms with Crippen molar-refractivity contribution in [1.82, 2.24) is 5.32 Å². The predicted molar refractivity (Wildman–Crippen MR) is 68.6 cm³/mol. The molecule has 0 bridgehead atoms. The van der Waals surface area contributed by atoms with Crippen molar-refractivity contribution in [3.63, 3.8) is 0 Å². The lowest BCUT2D eigenvalue weighted by Crippen LogP contribution is -2.48. The third-order valence-corrected chi connectivity index (χ3v) is 3.78. The summed E-state index contributed by atoms with van der Waals surface area (Å²) in [6.45, 7) is 2.37. The van der Waals surface area contributed by atoms with E-state index in [1.807, 2.05) is 0 Å². The van der Waals surface area contributed by atoms with Crippen LogP contribution in [0.2, 0.25) is 0 Å². The summed E-state index contributed by atoms with van der Waals surface area (Å²) in [5.74, 6) is 0.570. The molecule has 100 valence electrons. The van der Waals surface area contributed by atoms with Crippen LogP contribution in [-0.4, -0.2) is 31.7 Å². The summed E-state index contributed by atoms with van der Waals surface area (Å²) >= 11 is 0. The standard InChI is InChI=1S/C13H26N2O2/c1-3-11(10-7-5-4-6-8-10)15-13(16)12(9-14)17-2/h10-12H,3-9,14H2,1-2H3,(H,15,16). The molecule has 1 aliphatic rings. The van der Waals surface area contributed by atoms with Crippen LogP contribution >= 0.6 is 0 Å². The van der Waals surface area contributed by atoms with E-state index in [0.29, 0.717) is 5.92 Å². The third kappa shape index (κ3) is 4.28. The molecule has 1 fully saturated rings. The molecule has 0 radical (unpaired) electrons. The molecule has 2 atom stereocenters. The molecule has 0 spiro atoms. The fraction of sp³-hybridized carbons (Fsp3) is 0.923. The number of methoxy groups -OCH3 is 1. The average molecular weight is 242 g/mol. The van der Waals surface area contributed by atoms with Gasteiger partial charge in [-0.25, -0.2) is 0 Å². The van der Waals surface area contributed by atoms with Crippen LogP contribution < -0.4 is 11.1 Å². The number of rotatable bonds is 6. The molecule has 4 nitrogen and oxygen atoms in total. The van der Waals surface area contributed by atoms with Gasteiger partial charge >= 0.3 is 0 Å². The summed E-state index contributed by atoms with van der Waals surface area (Å²) in [6.07, 6.45) is 6.87. The van der Waals surface area contributed by atoms with Crippen LogP contribution in [0.15, 0.2) is 0 Å². The predicted octanol–water partition coefficient (Wildman–Crippen LogP) is 1.44. The highest BCUT2D eigenvalue weighted by Gasteiger charge is 2.26. The van der Waals surface area contributed by atoms with Gasteiger partial charge in [-0.05, 0) is 25.2 Å². The molecule has 4 heteroatoms. The van der Waals surface area contributed by atoms with Gasteiger partial charge in [0.15, 0.2) is 0 Å². The van der Waals surface area contributed by atoms with E-state index in [2.05, 4.69) is 12.2 Å². The molecule has 1 rings (SSSR count). The first-order chi connectivity index (χ1) is 8.22. The van der Waals surface area contributed by atoms with E-state index in [-0.39, 0.29) is 18.5 Å². The number of hydrogen-bond donors (Lipinski definition) is 2. The Morgan fingerprint density at radius 3 is 2.53 bits per heavy atom. The average Bonchev–Trinajstić information content (AvgIpc) is 2.38. The zero-order valence-corrected chi connectivity index (χ0v) is 11.1. The highest BCUT2D eigenvalue weighted by molar-refractivity contribution is 5.81. The maximum Gasteiger partial charge on any atom is 0.250 e. The van der Waals surface area contributed by atoms with Gasteiger partial charge in [0, 0.05) is 19.7 Å². The van der Waals surface area contributed by atoms with E-state index < -0.39 is 6.10 Å². The second kappa shape index (κ2) is 7.67. The lowest BCUT2D eigenvalue weighted by molar-refractivity contribution is -0.131. The smallest absolute Gasteiger partial charge is 0.250 e. The Hall–Kier alpha value is -0.610. The molecule has 0 saturated heterocycles. The van der Waals surface area contributed by atoms with Crippen molar-refractivity contribution in [2.24, 2.45) is 11.7 Å². The molecular weight excluding hydrogens is 216 g/mol. The number of hydrogen-bond acceptors (Lipinski definition) is 3. The highest BCUT2D eigenvalue weighted by Crippen LogP contribution is 2.27. The SMILES string of the molecule is CCC(NC(=O)C(CN)OC)C1CCCCC1. The molecule has 1 saturated carbocycles. The van der Waals surface area contributed by atoms with Crippen LogP contribution in [-0.2, 0) is 9.53 Å². The molecule has 0 heterocycles. The van der Waals surface area contributed by atoms with Gasteiger partial charge in [0.2, 0.25) is 0 Å². The van der Waals surface area contributed by atoms with Crippen molar-refractivity contribution in [3.8, 4) is 0 Å². The molecule has 0 aliphatic heterocycles. The highest BCUT2D eigenvalue weighted by atomic mass is 16.5. The molecule has 0 aromatic rings. The van der Waals surface area contributed by atoms with E-state index in [4.69, 9.17) is 10.5 Å². The van der Waals surface area contributed by atoms with Crippen LogP contribution in [0.4, 0.5) is 0 Å². The number of nitrogens with two attached hydrogens (primary N) is 1. The van der Waals surface area contributed by atoms with Crippen molar-refractivity contribution in [1.29, 1.82) is 0 Å². The molecule has 1 aliphatic carbocycles. The van der Waals surface area contributed by atoms with Crippen LogP contribution in [0, 0.1) is 5.92 Å². The Balaban J connectivity index is 2.47. The Morgan fingerprint density at radius 2 is 2.06 bits per heavy atom. The Labute approximate surface area is 104 Å². The maximum atomic E-state index is 11.9. The second-order valence-corrected chi connectivity index (χ2v) is 4.88. The van der Waals surface area contributed by atoms with Crippen molar-refractivity contribution < 1.29 is 9.53 Å². The van der Waals surface area contributed by atoms with Crippen LogP contribution in [0.1, 0.15) is 45.4 Å². The van der Waals surface area contributed by atoms with Gasteiger partial charge in [-0.15, -0.1) is 0 Å². The summed E-state index contributed by atoms with van der Waals surface area (Å²) in [5.41, 5.74) is 5.49. The zero-order chi connectivity index (χ0) is 12.7. The van der Waals surface area contributed by atoms with Crippen LogP contribution in [0.3, 0.4) is 0 Å².